The van der Waals surface area contributed by atoms with Crippen LogP contribution in [0.4, 0.5) is 5.69 Å². The summed E-state index contributed by atoms with van der Waals surface area (Å²) in [6, 6.07) is 6.39. The fourth-order valence-electron chi connectivity index (χ4n) is 2.68. The predicted octanol–water partition coefficient (Wildman–Crippen LogP) is 4.25. The third kappa shape index (κ3) is 3.77. The fraction of sp³-hybridized carbons (Fsp3) is 0.562. The van der Waals surface area contributed by atoms with Gasteiger partial charge in [-0.15, -0.1) is 0 Å². The van der Waals surface area contributed by atoms with Gasteiger partial charge in [-0.25, -0.2) is 0 Å². The van der Waals surface area contributed by atoms with Gasteiger partial charge in [0.25, 0.3) is 0 Å². The van der Waals surface area contributed by atoms with Crippen molar-refractivity contribution in [3.63, 3.8) is 0 Å². The highest BCUT2D eigenvalue weighted by atomic mass is 32.1. The predicted molar refractivity (Wildman–Crippen MR) is 84.9 cm³/mol. The zero-order chi connectivity index (χ0) is 14.0. The van der Waals surface area contributed by atoms with E-state index in [2.05, 4.69) is 51.2 Å². The molecule has 0 unspecified atom stereocenters. The van der Waals surface area contributed by atoms with Gasteiger partial charge in [0.1, 0.15) is 0 Å². The summed E-state index contributed by atoms with van der Waals surface area (Å²) in [7, 11) is 0. The van der Waals surface area contributed by atoms with Crippen molar-refractivity contribution in [1.82, 2.24) is 0 Å². The van der Waals surface area contributed by atoms with Crippen LogP contribution >= 0.6 is 12.2 Å². The normalized spacial score (nSPS) is 27.1. The second-order valence-corrected chi connectivity index (χ2v) is 6.15. The number of hydrogen-bond donors (Lipinski definition) is 1. The highest BCUT2D eigenvalue weighted by Gasteiger charge is 2.27. The molecule has 0 bridgehead atoms. The van der Waals surface area contributed by atoms with Gasteiger partial charge in [-0.3, -0.25) is 0 Å². The largest absolute Gasteiger partial charge is 0.376 e. The molecule has 1 fully saturated rings. The minimum absolute atomic E-state index is 0.299. The maximum absolute atomic E-state index is 5.76. The van der Waals surface area contributed by atoms with Crippen LogP contribution in [0.3, 0.4) is 0 Å². The van der Waals surface area contributed by atoms with Gasteiger partial charge in [0.15, 0.2) is 0 Å². The number of thiocarbonyl (C=S) groups is 1. The summed E-state index contributed by atoms with van der Waals surface area (Å²) in [5.41, 5.74) is 3.70. The van der Waals surface area contributed by atoms with Gasteiger partial charge in [0.2, 0.25) is 0 Å². The van der Waals surface area contributed by atoms with E-state index in [9.17, 15) is 0 Å². The Hall–Kier alpha value is -0.930. The van der Waals surface area contributed by atoms with Gasteiger partial charge in [-0.1, -0.05) is 18.3 Å². The first-order valence-corrected chi connectivity index (χ1v) is 7.40. The van der Waals surface area contributed by atoms with E-state index in [-0.39, 0.29) is 0 Å². The molecule has 1 aromatic carbocycles. The molecule has 0 saturated carbocycles. The van der Waals surface area contributed by atoms with Crippen molar-refractivity contribution in [3.05, 3.63) is 29.3 Å². The van der Waals surface area contributed by atoms with Crippen molar-refractivity contribution < 1.29 is 4.74 Å². The Labute approximate surface area is 121 Å². The van der Waals surface area contributed by atoms with Gasteiger partial charge in [-0.2, -0.15) is 0 Å². The molecule has 2 nitrogen and oxygen atoms in total. The number of ether oxygens (including phenoxy) is 1. The molecule has 104 valence electrons. The Balaban J connectivity index is 2.02. The summed E-state index contributed by atoms with van der Waals surface area (Å²) < 4.78 is 5.76. The average molecular weight is 277 g/mol. The van der Waals surface area contributed by atoms with E-state index in [1.54, 1.807) is 0 Å². The van der Waals surface area contributed by atoms with E-state index in [0.717, 1.165) is 23.5 Å². The second-order valence-electron chi connectivity index (χ2n) is 5.71. The molecule has 1 aliphatic rings. The molecule has 1 heterocycles. The number of rotatable bonds is 2. The summed E-state index contributed by atoms with van der Waals surface area (Å²) in [5.74, 6) is 0.426. The lowest BCUT2D eigenvalue weighted by atomic mass is 9.92. The Morgan fingerprint density at radius 1 is 1.16 bits per heavy atom. The van der Waals surface area contributed by atoms with Crippen LogP contribution in [0.1, 0.15) is 37.8 Å². The van der Waals surface area contributed by atoms with E-state index < -0.39 is 0 Å². The van der Waals surface area contributed by atoms with Crippen LogP contribution in [0.2, 0.25) is 0 Å². The van der Waals surface area contributed by atoms with Crippen molar-refractivity contribution in [2.45, 2.75) is 52.7 Å². The number of aryl methyl sites for hydroxylation is 2. The number of benzene rings is 1. The lowest BCUT2D eigenvalue weighted by molar-refractivity contribution is -0.0399. The van der Waals surface area contributed by atoms with Gasteiger partial charge < -0.3 is 10.1 Å². The fourth-order valence-corrected chi connectivity index (χ4v) is 2.99. The lowest BCUT2D eigenvalue weighted by Gasteiger charge is -2.32. The summed E-state index contributed by atoms with van der Waals surface area (Å²) in [4.78, 5) is 0.949. The zero-order valence-corrected chi connectivity index (χ0v) is 13.0. The molecule has 0 spiro atoms. The minimum Gasteiger partial charge on any atom is -0.376 e. The average Bonchev–Trinajstić information content (AvgIpc) is 2.32. The summed E-state index contributed by atoms with van der Waals surface area (Å²) in [6.07, 6.45) is 2.63. The van der Waals surface area contributed by atoms with Crippen LogP contribution in [0.15, 0.2) is 18.2 Å². The maximum Gasteiger partial charge on any atom is 0.0830 e. The Kier molecular flexibility index (Phi) is 4.58. The second kappa shape index (κ2) is 6.02. The van der Waals surface area contributed by atoms with Crippen LogP contribution in [0, 0.1) is 19.8 Å². The molecule has 2 rings (SSSR count). The van der Waals surface area contributed by atoms with Crippen molar-refractivity contribution in [2.24, 2.45) is 5.92 Å². The third-order valence-corrected chi connectivity index (χ3v) is 4.28. The maximum atomic E-state index is 5.76. The van der Waals surface area contributed by atoms with Crippen LogP contribution < -0.4 is 5.32 Å². The monoisotopic (exact) mass is 277 g/mol. The SMILES string of the molecule is Cc1ccc(NC(=S)C2C[C@H](C)O[C@@H](C)C2)cc1C. The molecule has 1 saturated heterocycles. The summed E-state index contributed by atoms with van der Waals surface area (Å²) in [6.45, 7) is 8.50. The summed E-state index contributed by atoms with van der Waals surface area (Å²) >= 11 is 5.57. The van der Waals surface area contributed by atoms with Gasteiger partial charge in [-0.05, 0) is 63.8 Å². The topological polar surface area (TPSA) is 21.3 Å². The van der Waals surface area contributed by atoms with Crippen molar-refractivity contribution >= 4 is 22.9 Å². The molecule has 1 aromatic rings. The number of hydrogen-bond acceptors (Lipinski definition) is 2. The van der Waals surface area contributed by atoms with E-state index in [1.807, 2.05) is 0 Å². The van der Waals surface area contributed by atoms with E-state index >= 15 is 0 Å². The Morgan fingerprint density at radius 3 is 2.37 bits per heavy atom. The highest BCUT2D eigenvalue weighted by Crippen LogP contribution is 2.27. The van der Waals surface area contributed by atoms with Crippen molar-refractivity contribution in [2.75, 3.05) is 5.32 Å². The number of nitrogens with one attached hydrogen (secondary N) is 1. The van der Waals surface area contributed by atoms with Crippen LogP contribution in [-0.4, -0.2) is 17.2 Å². The first-order chi connectivity index (χ1) is 8.95. The zero-order valence-electron chi connectivity index (χ0n) is 12.2. The molecule has 0 aromatic heterocycles. The molecule has 2 atom stereocenters. The first-order valence-electron chi connectivity index (χ1n) is 6.99. The molecule has 0 aliphatic carbocycles. The van der Waals surface area contributed by atoms with Crippen molar-refractivity contribution in [1.29, 1.82) is 0 Å². The Morgan fingerprint density at radius 2 is 1.79 bits per heavy atom. The molecule has 19 heavy (non-hydrogen) atoms. The smallest absolute Gasteiger partial charge is 0.0830 e. The minimum atomic E-state index is 0.299. The molecule has 1 N–H and O–H groups in total. The van der Waals surface area contributed by atoms with Gasteiger partial charge in [0.05, 0.1) is 17.2 Å². The summed E-state index contributed by atoms with van der Waals surface area (Å²) in [5, 5.41) is 3.40. The van der Waals surface area contributed by atoms with Crippen LogP contribution in [0.25, 0.3) is 0 Å². The standard InChI is InChI=1S/C16H23NOS/c1-10-5-6-15(7-11(10)2)17-16(19)14-8-12(3)18-13(4)9-14/h5-7,12-14H,8-9H2,1-4H3,(H,17,19)/t12-,13-/m0/s1. The van der Waals surface area contributed by atoms with E-state index in [1.165, 1.54) is 11.1 Å². The van der Waals surface area contributed by atoms with Crippen LogP contribution in [0.5, 0.6) is 0 Å². The first kappa shape index (κ1) is 14.5. The molecule has 3 heteroatoms. The van der Waals surface area contributed by atoms with Crippen LogP contribution in [-0.2, 0) is 4.74 Å². The van der Waals surface area contributed by atoms with Gasteiger partial charge >= 0.3 is 0 Å². The number of anilines is 1. The third-order valence-electron chi connectivity index (χ3n) is 3.84. The van der Waals surface area contributed by atoms with E-state index in [4.69, 9.17) is 17.0 Å². The molecule has 0 amide bonds. The molecule has 1 aliphatic heterocycles. The lowest BCUT2D eigenvalue weighted by Crippen LogP contribution is -2.35. The Bertz CT molecular complexity index is 462. The molecular weight excluding hydrogens is 254 g/mol. The van der Waals surface area contributed by atoms with Gasteiger partial charge in [0, 0.05) is 11.6 Å². The molecule has 0 radical (unpaired) electrons. The van der Waals surface area contributed by atoms with Crippen molar-refractivity contribution in [3.8, 4) is 0 Å². The highest BCUT2D eigenvalue weighted by molar-refractivity contribution is 7.80. The van der Waals surface area contributed by atoms with E-state index in [0.29, 0.717) is 18.1 Å². The molecular formula is C16H23NOS. The quantitative estimate of drug-likeness (QED) is 0.817.